The van der Waals surface area contributed by atoms with Crippen LogP contribution in [-0.2, 0) is 16.0 Å². The maximum absolute atomic E-state index is 12.9. The Morgan fingerprint density at radius 3 is 2.54 bits per heavy atom. The van der Waals surface area contributed by atoms with Crippen molar-refractivity contribution in [3.05, 3.63) is 52.0 Å². The van der Waals surface area contributed by atoms with E-state index in [0.717, 1.165) is 0 Å². The van der Waals surface area contributed by atoms with Crippen molar-refractivity contribution in [2.24, 2.45) is 23.5 Å². The molecule has 0 fully saturated rings. The van der Waals surface area contributed by atoms with Crippen molar-refractivity contribution >= 4 is 17.5 Å². The fraction of sp³-hybridized carbons (Fsp3) is 0.316. The van der Waals surface area contributed by atoms with E-state index in [9.17, 15) is 29.7 Å². The van der Waals surface area contributed by atoms with Crippen LogP contribution in [0.2, 0.25) is 0 Å². The number of amides is 1. The zero-order valence-corrected chi connectivity index (χ0v) is 13.7. The topological polar surface area (TPSA) is 138 Å². The highest BCUT2D eigenvalue weighted by Gasteiger charge is 2.50. The molecule has 1 aromatic rings. The van der Waals surface area contributed by atoms with E-state index in [4.69, 9.17) is 5.73 Å². The minimum absolute atomic E-state index is 0.0452. The Bertz CT molecular complexity index is 941. The lowest BCUT2D eigenvalue weighted by molar-refractivity contribution is -0.126. The average molecular weight is 355 g/mol. The predicted octanol–water partition coefficient (Wildman–Crippen LogP) is 1.47. The molecule has 3 aliphatic rings. The van der Waals surface area contributed by atoms with Gasteiger partial charge < -0.3 is 21.1 Å². The van der Waals surface area contributed by atoms with E-state index in [2.05, 4.69) is 0 Å². The molecule has 0 saturated carbocycles. The van der Waals surface area contributed by atoms with Crippen LogP contribution in [0.3, 0.4) is 0 Å². The Kier molecular flexibility index (Phi) is 3.44. The second-order valence-corrected chi connectivity index (χ2v) is 7.07. The fourth-order valence-electron chi connectivity index (χ4n) is 4.58. The number of nitrogens with two attached hydrogens (primary N) is 1. The number of allylic oxidation sites excluding steroid dienone is 3. The molecule has 3 aliphatic carbocycles. The summed E-state index contributed by atoms with van der Waals surface area (Å²) < 4.78 is 0. The number of aliphatic hydroxyl groups excluding tert-OH is 2. The summed E-state index contributed by atoms with van der Waals surface area (Å²) in [5.74, 6) is -5.01. The predicted molar refractivity (Wildman–Crippen MR) is 89.4 cm³/mol. The summed E-state index contributed by atoms with van der Waals surface area (Å²) in [5, 5.41) is 30.8. The summed E-state index contributed by atoms with van der Waals surface area (Å²) in [6.07, 6.45) is 0.899. The number of carbonyl (C=O) groups is 3. The van der Waals surface area contributed by atoms with Crippen LogP contribution in [0.1, 0.15) is 28.8 Å². The highest BCUT2D eigenvalue weighted by molar-refractivity contribution is 6.22. The van der Waals surface area contributed by atoms with E-state index in [1.165, 1.54) is 6.07 Å². The monoisotopic (exact) mass is 355 g/mol. The van der Waals surface area contributed by atoms with Crippen LogP contribution < -0.4 is 5.73 Å². The molecule has 1 aromatic carbocycles. The van der Waals surface area contributed by atoms with E-state index >= 15 is 0 Å². The van der Waals surface area contributed by atoms with Crippen LogP contribution in [0.15, 0.2) is 40.9 Å². The molecule has 3 atom stereocenters. The van der Waals surface area contributed by atoms with Gasteiger partial charge in [0.05, 0.1) is 11.5 Å². The van der Waals surface area contributed by atoms with Gasteiger partial charge in [0.25, 0.3) is 5.91 Å². The number of fused-ring (bicyclic) bond motifs is 3. The number of carbonyl (C=O) groups excluding carboxylic acids is 3. The first kappa shape index (κ1) is 16.4. The molecule has 1 amide bonds. The number of phenols is 1. The minimum Gasteiger partial charge on any atom is -0.511 e. The minimum atomic E-state index is -1.07. The van der Waals surface area contributed by atoms with Crippen LogP contribution in [0, 0.1) is 17.8 Å². The molecule has 0 aromatic heterocycles. The van der Waals surface area contributed by atoms with E-state index in [1.807, 2.05) is 0 Å². The Morgan fingerprint density at radius 1 is 1.12 bits per heavy atom. The van der Waals surface area contributed by atoms with Crippen molar-refractivity contribution in [2.75, 3.05) is 0 Å². The Balaban J connectivity index is 1.85. The van der Waals surface area contributed by atoms with Gasteiger partial charge in [-0.2, -0.15) is 0 Å². The molecule has 0 aliphatic heterocycles. The number of ketones is 2. The van der Waals surface area contributed by atoms with Crippen molar-refractivity contribution < 1.29 is 29.7 Å². The molecule has 0 spiro atoms. The molecule has 0 saturated heterocycles. The molecule has 0 bridgehead atoms. The number of aliphatic hydroxyl groups is 2. The van der Waals surface area contributed by atoms with Crippen molar-refractivity contribution in [1.29, 1.82) is 0 Å². The quantitative estimate of drug-likeness (QED) is 0.563. The largest absolute Gasteiger partial charge is 0.511 e. The maximum atomic E-state index is 12.9. The normalized spacial score (nSPS) is 27.8. The van der Waals surface area contributed by atoms with E-state index in [-0.39, 0.29) is 40.7 Å². The number of benzene rings is 1. The van der Waals surface area contributed by atoms with Crippen LogP contribution in [0.4, 0.5) is 0 Å². The van der Waals surface area contributed by atoms with Crippen LogP contribution in [-0.4, -0.2) is 32.8 Å². The van der Waals surface area contributed by atoms with E-state index < -0.39 is 34.9 Å². The second-order valence-electron chi connectivity index (χ2n) is 7.07. The Hall–Kier alpha value is -3.09. The van der Waals surface area contributed by atoms with Gasteiger partial charge in [0.15, 0.2) is 11.6 Å². The molecule has 26 heavy (non-hydrogen) atoms. The van der Waals surface area contributed by atoms with Gasteiger partial charge >= 0.3 is 0 Å². The summed E-state index contributed by atoms with van der Waals surface area (Å²) in [7, 11) is 0. The molecule has 3 unspecified atom stereocenters. The number of hydrogen-bond acceptors (Lipinski definition) is 6. The first-order valence-electron chi connectivity index (χ1n) is 8.36. The molecule has 7 nitrogen and oxygen atoms in total. The number of primary amides is 1. The lowest BCUT2D eigenvalue weighted by atomic mass is 9.62. The van der Waals surface area contributed by atoms with Gasteiger partial charge in [-0.1, -0.05) is 12.1 Å². The summed E-state index contributed by atoms with van der Waals surface area (Å²) in [4.78, 5) is 37.0. The number of aromatic hydroxyl groups is 1. The molecular formula is C19H17NO6. The van der Waals surface area contributed by atoms with Crippen molar-refractivity contribution in [1.82, 2.24) is 0 Å². The van der Waals surface area contributed by atoms with Gasteiger partial charge in [-0.3, -0.25) is 14.4 Å². The van der Waals surface area contributed by atoms with Crippen LogP contribution in [0.5, 0.6) is 5.75 Å². The summed E-state index contributed by atoms with van der Waals surface area (Å²) in [5.41, 5.74) is 5.61. The van der Waals surface area contributed by atoms with Crippen molar-refractivity contribution in [2.45, 2.75) is 19.3 Å². The third-order valence-corrected chi connectivity index (χ3v) is 5.62. The lowest BCUT2D eigenvalue weighted by Crippen LogP contribution is -2.43. The highest BCUT2D eigenvalue weighted by atomic mass is 16.3. The molecule has 5 N–H and O–H groups in total. The first-order chi connectivity index (χ1) is 12.3. The highest BCUT2D eigenvalue weighted by Crippen LogP contribution is 2.49. The third-order valence-electron chi connectivity index (χ3n) is 5.62. The Labute approximate surface area is 148 Å². The number of rotatable bonds is 1. The molecular weight excluding hydrogens is 338 g/mol. The molecule has 0 heterocycles. The van der Waals surface area contributed by atoms with Gasteiger partial charge in [-0.05, 0) is 36.3 Å². The fourth-order valence-corrected chi connectivity index (χ4v) is 4.58. The second kappa shape index (κ2) is 5.45. The number of phenolic OH excluding ortho intramolecular Hbond substituents is 1. The Morgan fingerprint density at radius 2 is 1.85 bits per heavy atom. The smallest absolute Gasteiger partial charge is 0.255 e. The third kappa shape index (κ3) is 2.09. The summed E-state index contributed by atoms with van der Waals surface area (Å²) >= 11 is 0. The molecule has 7 heteroatoms. The van der Waals surface area contributed by atoms with Gasteiger partial charge in [0.2, 0.25) is 0 Å². The SMILES string of the molecule is NC(=O)C1=C(O)CC2CC3Cc4cccc(O)c4C(=O)C3=C(O)C2C1=O. The van der Waals surface area contributed by atoms with Gasteiger partial charge in [-0.15, -0.1) is 0 Å². The van der Waals surface area contributed by atoms with Crippen molar-refractivity contribution in [3.63, 3.8) is 0 Å². The first-order valence-corrected chi connectivity index (χ1v) is 8.36. The van der Waals surface area contributed by atoms with Crippen molar-refractivity contribution in [3.8, 4) is 5.75 Å². The van der Waals surface area contributed by atoms with E-state index in [0.29, 0.717) is 18.4 Å². The lowest BCUT2D eigenvalue weighted by Gasteiger charge is -2.40. The number of hydrogen-bond donors (Lipinski definition) is 4. The van der Waals surface area contributed by atoms with E-state index in [1.54, 1.807) is 12.1 Å². The average Bonchev–Trinajstić information content (AvgIpc) is 2.53. The maximum Gasteiger partial charge on any atom is 0.255 e. The van der Waals surface area contributed by atoms with Crippen LogP contribution >= 0.6 is 0 Å². The van der Waals surface area contributed by atoms with Crippen LogP contribution in [0.25, 0.3) is 0 Å². The van der Waals surface area contributed by atoms with Gasteiger partial charge in [-0.25, -0.2) is 0 Å². The number of Topliss-reactive ketones (excluding diaryl/α,β-unsaturated/α-hetero) is 2. The van der Waals surface area contributed by atoms with Gasteiger partial charge in [0, 0.05) is 12.0 Å². The molecule has 0 radical (unpaired) electrons. The summed E-state index contributed by atoms with van der Waals surface area (Å²) in [6, 6.07) is 4.80. The summed E-state index contributed by atoms with van der Waals surface area (Å²) in [6.45, 7) is 0. The zero-order valence-electron chi connectivity index (χ0n) is 13.7. The molecule has 4 rings (SSSR count). The van der Waals surface area contributed by atoms with Gasteiger partial charge in [0.1, 0.15) is 22.8 Å². The zero-order chi connectivity index (χ0) is 18.7. The molecule has 134 valence electrons. The standard InChI is InChI=1S/C19H17NO6/c20-19(26)15-11(22)6-9-5-8-4-7-2-1-3-10(21)12(7)16(23)13(8)17(24)14(9)18(15)25/h1-3,8-9,14,21-22,24H,4-6H2,(H2,20,26).